The van der Waals surface area contributed by atoms with E-state index in [0.717, 1.165) is 5.75 Å². The molecule has 0 aliphatic heterocycles. The number of ether oxygens (including phenoxy) is 1. The Morgan fingerprint density at radius 2 is 1.83 bits per heavy atom. The summed E-state index contributed by atoms with van der Waals surface area (Å²) in [5.41, 5.74) is 0. The van der Waals surface area contributed by atoms with Gasteiger partial charge in [0.2, 0.25) is 0 Å². The Hall–Kier alpha value is -0.650. The Labute approximate surface area is 77.9 Å². The quantitative estimate of drug-likeness (QED) is 0.675. The summed E-state index contributed by atoms with van der Waals surface area (Å²) in [6, 6.07) is 9.68. The predicted octanol–water partition coefficient (Wildman–Crippen LogP) is 1.10. The van der Waals surface area contributed by atoms with Crippen molar-refractivity contribution in [1.29, 1.82) is 0 Å². The third-order valence-corrected chi connectivity index (χ3v) is 0.979. The normalized spacial score (nSPS) is 10.8. The van der Waals surface area contributed by atoms with Gasteiger partial charge in [-0.2, -0.15) is 0 Å². The van der Waals surface area contributed by atoms with E-state index in [-0.39, 0.29) is 0 Å². The Morgan fingerprint density at radius 1 is 1.42 bits per heavy atom. The Balaban J connectivity index is 0.000000261. The van der Waals surface area contributed by atoms with Gasteiger partial charge in [0.05, 0.1) is 7.11 Å². The summed E-state index contributed by atoms with van der Waals surface area (Å²) < 4.78 is 21.3. The SMILES string of the molecule is COc1ccccc1.O=[SH](O)=S. The van der Waals surface area contributed by atoms with Gasteiger partial charge in [-0.1, -0.05) is 18.2 Å². The maximum Gasteiger partial charge on any atom is 0.130 e. The lowest BCUT2D eigenvalue weighted by Gasteiger charge is -1.93. The van der Waals surface area contributed by atoms with Crippen LogP contribution < -0.4 is 4.74 Å². The van der Waals surface area contributed by atoms with Crippen molar-refractivity contribution in [2.24, 2.45) is 0 Å². The summed E-state index contributed by atoms with van der Waals surface area (Å²) in [7, 11) is -0.625. The molecule has 12 heavy (non-hydrogen) atoms. The summed E-state index contributed by atoms with van der Waals surface area (Å²) in [6.45, 7) is 0. The zero-order chi connectivity index (χ0) is 9.40. The van der Waals surface area contributed by atoms with Gasteiger partial charge in [0, 0.05) is 11.2 Å². The zero-order valence-corrected chi connectivity index (χ0v) is 8.22. The summed E-state index contributed by atoms with van der Waals surface area (Å²) in [6.07, 6.45) is 0. The average Bonchev–Trinajstić information content (AvgIpc) is 2.05. The number of hydrogen-bond donors (Lipinski definition) is 2. The second-order valence-electron chi connectivity index (χ2n) is 1.76. The molecule has 0 amide bonds. The van der Waals surface area contributed by atoms with Crippen molar-refractivity contribution in [2.75, 3.05) is 7.11 Å². The zero-order valence-electron chi connectivity index (χ0n) is 6.51. The minimum atomic E-state index is -2.29. The number of rotatable bonds is 1. The molecule has 0 fully saturated rings. The standard InChI is InChI=1S/C7H8O.H2O2S2/c1-8-7-5-3-2-4-6-7;1-4(2)3/h2-6H,1H3;4H,(H,1,2,3). The molecule has 0 heterocycles. The summed E-state index contributed by atoms with van der Waals surface area (Å²) in [4.78, 5) is 0. The predicted molar refractivity (Wildman–Crippen MR) is 52.5 cm³/mol. The van der Waals surface area contributed by atoms with E-state index < -0.39 is 9.64 Å². The highest BCUT2D eigenvalue weighted by atomic mass is 32.8. The molecule has 0 aliphatic carbocycles. The number of para-hydroxylation sites is 1. The van der Waals surface area contributed by atoms with Crippen LogP contribution in [0.3, 0.4) is 0 Å². The van der Waals surface area contributed by atoms with E-state index in [9.17, 15) is 0 Å². The Kier molecular flexibility index (Phi) is 6.64. The van der Waals surface area contributed by atoms with E-state index in [1.165, 1.54) is 0 Å². The first-order valence-electron chi connectivity index (χ1n) is 3.09. The average molecular weight is 206 g/mol. The van der Waals surface area contributed by atoms with Gasteiger partial charge >= 0.3 is 0 Å². The second-order valence-corrected chi connectivity index (χ2v) is 3.17. The minimum absolute atomic E-state index is 0.910. The van der Waals surface area contributed by atoms with Gasteiger partial charge in [-0.15, -0.1) is 0 Å². The van der Waals surface area contributed by atoms with E-state index in [0.29, 0.717) is 0 Å². The molecule has 0 saturated heterocycles. The molecular weight excluding hydrogens is 196 g/mol. The summed E-state index contributed by atoms with van der Waals surface area (Å²) in [5, 5.41) is 0. The monoisotopic (exact) mass is 206 g/mol. The van der Waals surface area contributed by atoms with Gasteiger partial charge in [0.25, 0.3) is 0 Å². The van der Waals surface area contributed by atoms with Crippen LogP contribution in [0.1, 0.15) is 0 Å². The Bertz CT molecular complexity index is 261. The van der Waals surface area contributed by atoms with Gasteiger partial charge in [0.1, 0.15) is 15.4 Å². The fourth-order valence-corrected chi connectivity index (χ4v) is 0.557. The van der Waals surface area contributed by atoms with Crippen molar-refractivity contribution in [3.05, 3.63) is 30.3 Å². The molecule has 0 aliphatic rings. The van der Waals surface area contributed by atoms with Crippen molar-refractivity contribution in [1.82, 2.24) is 0 Å². The molecule has 1 atom stereocenters. The third-order valence-electron chi connectivity index (χ3n) is 0.979. The van der Waals surface area contributed by atoms with Gasteiger partial charge in [-0.25, -0.2) is 4.21 Å². The Morgan fingerprint density at radius 3 is 2.08 bits per heavy atom. The van der Waals surface area contributed by atoms with E-state index in [2.05, 4.69) is 11.2 Å². The van der Waals surface area contributed by atoms with Crippen LogP contribution in [-0.4, -0.2) is 15.9 Å². The summed E-state index contributed by atoms with van der Waals surface area (Å²) >= 11 is 3.69. The van der Waals surface area contributed by atoms with Crippen molar-refractivity contribution in [3.8, 4) is 5.75 Å². The molecule has 0 aromatic heterocycles. The molecule has 0 saturated carbocycles. The maximum absolute atomic E-state index is 8.96. The van der Waals surface area contributed by atoms with Crippen molar-refractivity contribution >= 4 is 20.8 Å². The largest absolute Gasteiger partial charge is 0.497 e. The van der Waals surface area contributed by atoms with E-state index in [4.69, 9.17) is 13.5 Å². The smallest absolute Gasteiger partial charge is 0.130 e. The van der Waals surface area contributed by atoms with E-state index in [1.807, 2.05) is 30.3 Å². The molecule has 1 aromatic carbocycles. The van der Waals surface area contributed by atoms with Gasteiger partial charge < -0.3 is 9.29 Å². The number of hydrogen-bond acceptors (Lipinski definition) is 3. The van der Waals surface area contributed by atoms with Crippen LogP contribution >= 0.6 is 0 Å². The van der Waals surface area contributed by atoms with Gasteiger partial charge in [-0.3, -0.25) is 0 Å². The molecule has 3 nitrogen and oxygen atoms in total. The number of thiol groups is 1. The van der Waals surface area contributed by atoms with E-state index in [1.54, 1.807) is 7.11 Å². The third kappa shape index (κ3) is 7.46. The van der Waals surface area contributed by atoms with Crippen molar-refractivity contribution < 1.29 is 13.5 Å². The van der Waals surface area contributed by atoms with Gasteiger partial charge in [0.15, 0.2) is 0 Å². The number of methoxy groups -OCH3 is 1. The first-order valence-corrected chi connectivity index (χ1v) is 5.31. The first-order chi connectivity index (χ1) is 5.66. The lowest BCUT2D eigenvalue weighted by molar-refractivity contribution is 0.415. The molecule has 1 aromatic rings. The molecule has 0 radical (unpaired) electrons. The lowest BCUT2D eigenvalue weighted by Crippen LogP contribution is -1.78. The fraction of sp³-hybridized carbons (Fsp3) is 0.143. The van der Waals surface area contributed by atoms with Crippen molar-refractivity contribution in [3.63, 3.8) is 0 Å². The molecule has 5 heteroatoms. The van der Waals surface area contributed by atoms with Crippen LogP contribution in [0.4, 0.5) is 0 Å². The van der Waals surface area contributed by atoms with Gasteiger partial charge in [-0.05, 0) is 12.1 Å². The highest BCUT2D eigenvalue weighted by molar-refractivity contribution is 8.18. The maximum atomic E-state index is 8.96. The van der Waals surface area contributed by atoms with Crippen LogP contribution in [-0.2, 0) is 20.8 Å². The van der Waals surface area contributed by atoms with Crippen LogP contribution in [0.15, 0.2) is 30.3 Å². The molecule has 0 spiro atoms. The highest BCUT2D eigenvalue weighted by Crippen LogP contribution is 2.05. The highest BCUT2D eigenvalue weighted by Gasteiger charge is 1.80. The molecule has 1 N–H and O–H groups in total. The molecule has 0 bridgehead atoms. The molecule has 1 rings (SSSR count). The molecular formula is C7H10O3S2. The topological polar surface area (TPSA) is 46.5 Å². The summed E-state index contributed by atoms with van der Waals surface area (Å²) in [5.74, 6) is 0.910. The fourth-order valence-electron chi connectivity index (χ4n) is 0.557. The van der Waals surface area contributed by atoms with Crippen LogP contribution in [0, 0.1) is 0 Å². The molecule has 1 unspecified atom stereocenters. The van der Waals surface area contributed by atoms with Crippen LogP contribution in [0.25, 0.3) is 0 Å². The van der Waals surface area contributed by atoms with E-state index >= 15 is 0 Å². The van der Waals surface area contributed by atoms with Crippen LogP contribution in [0.5, 0.6) is 5.75 Å². The molecule has 68 valence electrons. The van der Waals surface area contributed by atoms with Crippen LogP contribution in [0.2, 0.25) is 0 Å². The number of benzene rings is 1. The first kappa shape index (κ1) is 11.4. The lowest BCUT2D eigenvalue weighted by atomic mass is 10.3. The van der Waals surface area contributed by atoms with Crippen molar-refractivity contribution in [2.45, 2.75) is 0 Å². The second kappa shape index (κ2) is 7.02. The minimum Gasteiger partial charge on any atom is -0.497 e.